The maximum atomic E-state index is 5.38. The van der Waals surface area contributed by atoms with Crippen molar-refractivity contribution >= 4 is 5.84 Å². The Kier molecular flexibility index (Phi) is 4.95. The minimum absolute atomic E-state index is 0.467. The summed E-state index contributed by atoms with van der Waals surface area (Å²) in [5.74, 6) is 1.74. The van der Waals surface area contributed by atoms with E-state index in [4.69, 9.17) is 4.74 Å². The van der Waals surface area contributed by atoms with Crippen LogP contribution in [0.15, 0.2) is 41.5 Å². The average molecular weight is 315 g/mol. The minimum Gasteiger partial charge on any atom is -0.497 e. The summed E-state index contributed by atoms with van der Waals surface area (Å²) in [5, 5.41) is 10.5. The van der Waals surface area contributed by atoms with E-state index in [1.165, 1.54) is 0 Å². The Morgan fingerprint density at radius 3 is 2.91 bits per heavy atom. The third kappa shape index (κ3) is 3.72. The smallest absolute Gasteiger partial charge is 0.138 e. The van der Waals surface area contributed by atoms with Crippen molar-refractivity contribution in [2.45, 2.75) is 12.6 Å². The molecular weight excluding hydrogens is 290 g/mol. The molecule has 124 valence electrons. The Balaban J connectivity index is 1.82. The third-order valence-electron chi connectivity index (χ3n) is 4.29. The number of ether oxygens (including phenoxy) is 1. The van der Waals surface area contributed by atoms with Crippen molar-refractivity contribution in [3.8, 4) is 5.75 Å². The zero-order chi connectivity index (χ0) is 16.1. The van der Waals surface area contributed by atoms with Gasteiger partial charge in [-0.15, -0.1) is 0 Å². The number of rotatable bonds is 5. The molecule has 1 fully saturated rings. The van der Waals surface area contributed by atoms with Gasteiger partial charge in [-0.2, -0.15) is 0 Å². The number of hydrogen-bond acceptors (Lipinski definition) is 6. The summed E-state index contributed by atoms with van der Waals surface area (Å²) in [6.07, 6.45) is 3.92. The lowest BCUT2D eigenvalue weighted by Gasteiger charge is -2.38. The molecule has 6 nitrogen and oxygen atoms in total. The van der Waals surface area contributed by atoms with Crippen LogP contribution in [-0.2, 0) is 5.66 Å². The molecule has 0 bridgehead atoms. The number of nitrogens with zero attached hydrogens (tertiary/aromatic N) is 2. The average Bonchev–Trinajstić information content (AvgIpc) is 2.61. The lowest BCUT2D eigenvalue weighted by Crippen LogP contribution is -2.59. The van der Waals surface area contributed by atoms with Crippen LogP contribution in [0, 0.1) is 0 Å². The monoisotopic (exact) mass is 315 g/mol. The minimum atomic E-state index is -0.467. The normalized spacial score (nSPS) is 24.9. The van der Waals surface area contributed by atoms with E-state index in [1.807, 2.05) is 25.3 Å². The summed E-state index contributed by atoms with van der Waals surface area (Å²) in [6.45, 7) is 6.97. The number of amidine groups is 1. The van der Waals surface area contributed by atoms with E-state index >= 15 is 0 Å². The fourth-order valence-electron chi connectivity index (χ4n) is 2.97. The van der Waals surface area contributed by atoms with Crippen molar-refractivity contribution in [1.29, 1.82) is 0 Å². The molecule has 3 rings (SSSR count). The van der Waals surface area contributed by atoms with Gasteiger partial charge in [-0.25, -0.2) is 4.99 Å². The van der Waals surface area contributed by atoms with Crippen LogP contribution >= 0.6 is 0 Å². The van der Waals surface area contributed by atoms with Gasteiger partial charge in [0.1, 0.15) is 17.2 Å². The van der Waals surface area contributed by atoms with Crippen LogP contribution in [0.1, 0.15) is 12.5 Å². The van der Waals surface area contributed by atoms with Crippen LogP contribution in [0.25, 0.3) is 0 Å². The van der Waals surface area contributed by atoms with Crippen molar-refractivity contribution in [1.82, 2.24) is 20.9 Å². The highest BCUT2D eigenvalue weighted by Crippen LogP contribution is 2.26. The first kappa shape index (κ1) is 16.0. The van der Waals surface area contributed by atoms with E-state index in [0.717, 1.165) is 50.0 Å². The van der Waals surface area contributed by atoms with Crippen LogP contribution < -0.4 is 20.7 Å². The zero-order valence-electron chi connectivity index (χ0n) is 13.8. The topological polar surface area (TPSA) is 60.9 Å². The van der Waals surface area contributed by atoms with Gasteiger partial charge in [0.2, 0.25) is 0 Å². The number of nitrogens with one attached hydrogen (secondary N) is 3. The van der Waals surface area contributed by atoms with E-state index in [2.05, 4.69) is 44.1 Å². The first-order valence-electron chi connectivity index (χ1n) is 8.05. The third-order valence-corrected chi connectivity index (χ3v) is 4.29. The standard InChI is InChI=1S/C17H25N5O/c1-14-19-7-6-17(21-14,15-4-3-5-16(12-15)23-2)20-13-22-10-8-18-9-11-22/h3-7,12,18,20H,8-11,13H2,1-2H3,(H,19,21). The highest BCUT2D eigenvalue weighted by molar-refractivity contribution is 5.82. The summed E-state index contributed by atoms with van der Waals surface area (Å²) in [4.78, 5) is 6.73. The molecule has 0 aliphatic carbocycles. The molecule has 1 saturated heterocycles. The van der Waals surface area contributed by atoms with Crippen molar-refractivity contribution in [3.63, 3.8) is 0 Å². The van der Waals surface area contributed by atoms with Gasteiger partial charge in [-0.3, -0.25) is 10.2 Å². The van der Waals surface area contributed by atoms with E-state index in [9.17, 15) is 0 Å². The molecule has 3 N–H and O–H groups in total. The molecule has 0 amide bonds. The Morgan fingerprint density at radius 2 is 2.17 bits per heavy atom. The second-order valence-corrected chi connectivity index (χ2v) is 5.90. The maximum Gasteiger partial charge on any atom is 0.138 e. The van der Waals surface area contributed by atoms with Gasteiger partial charge in [0.05, 0.1) is 13.8 Å². The molecule has 0 spiro atoms. The van der Waals surface area contributed by atoms with Gasteiger partial charge in [0, 0.05) is 32.4 Å². The largest absolute Gasteiger partial charge is 0.497 e. The molecule has 1 atom stereocenters. The van der Waals surface area contributed by atoms with Gasteiger partial charge in [-0.05, 0) is 30.7 Å². The van der Waals surface area contributed by atoms with Crippen molar-refractivity contribution in [3.05, 3.63) is 42.1 Å². The fraction of sp³-hybridized carbons (Fsp3) is 0.471. The molecule has 1 aromatic carbocycles. The van der Waals surface area contributed by atoms with E-state index in [0.29, 0.717) is 0 Å². The highest BCUT2D eigenvalue weighted by atomic mass is 16.5. The quantitative estimate of drug-likeness (QED) is 0.751. The SMILES string of the molecule is COc1cccc(C2(NCN3CCNCC3)C=CN=C(C)N2)c1. The molecule has 23 heavy (non-hydrogen) atoms. The second-order valence-electron chi connectivity index (χ2n) is 5.90. The Hall–Kier alpha value is -1.89. The van der Waals surface area contributed by atoms with Crippen LogP contribution in [-0.4, -0.2) is 50.7 Å². The molecule has 1 unspecified atom stereocenters. The number of hydrogen-bond donors (Lipinski definition) is 3. The molecular formula is C17H25N5O. The number of benzene rings is 1. The second kappa shape index (κ2) is 7.12. The molecule has 2 aliphatic rings. The summed E-state index contributed by atoms with van der Waals surface area (Å²) in [7, 11) is 1.69. The predicted molar refractivity (Wildman–Crippen MR) is 92.5 cm³/mol. The van der Waals surface area contributed by atoms with Crippen LogP contribution in [0.4, 0.5) is 0 Å². The Morgan fingerprint density at radius 1 is 1.35 bits per heavy atom. The first-order valence-corrected chi connectivity index (χ1v) is 8.05. The van der Waals surface area contributed by atoms with E-state index in [-0.39, 0.29) is 0 Å². The van der Waals surface area contributed by atoms with Crippen molar-refractivity contribution in [2.75, 3.05) is 40.0 Å². The van der Waals surface area contributed by atoms with Gasteiger partial charge in [-0.1, -0.05) is 12.1 Å². The van der Waals surface area contributed by atoms with Crippen molar-refractivity contribution in [2.24, 2.45) is 4.99 Å². The summed E-state index contributed by atoms with van der Waals surface area (Å²) in [5.41, 5.74) is 0.642. The lowest BCUT2D eigenvalue weighted by atomic mass is 9.97. The number of methoxy groups -OCH3 is 1. The zero-order valence-corrected chi connectivity index (χ0v) is 13.8. The Labute approximate surface area is 137 Å². The van der Waals surface area contributed by atoms with Crippen LogP contribution in [0.3, 0.4) is 0 Å². The number of aliphatic imine (C=N–C) groups is 1. The molecule has 0 radical (unpaired) electrons. The van der Waals surface area contributed by atoms with Crippen LogP contribution in [0.5, 0.6) is 5.75 Å². The first-order chi connectivity index (χ1) is 11.2. The van der Waals surface area contributed by atoms with Gasteiger partial charge >= 0.3 is 0 Å². The number of piperazine rings is 1. The predicted octanol–water partition coefficient (Wildman–Crippen LogP) is 0.836. The van der Waals surface area contributed by atoms with Gasteiger partial charge < -0.3 is 15.4 Å². The summed E-state index contributed by atoms with van der Waals surface area (Å²) >= 11 is 0. The van der Waals surface area contributed by atoms with Gasteiger partial charge in [0.25, 0.3) is 0 Å². The molecule has 0 saturated carbocycles. The fourth-order valence-corrected chi connectivity index (χ4v) is 2.97. The molecule has 2 heterocycles. The molecule has 6 heteroatoms. The lowest BCUT2D eigenvalue weighted by molar-refractivity contribution is 0.192. The molecule has 1 aromatic rings. The van der Waals surface area contributed by atoms with E-state index in [1.54, 1.807) is 7.11 Å². The van der Waals surface area contributed by atoms with Gasteiger partial charge in [0.15, 0.2) is 0 Å². The maximum absolute atomic E-state index is 5.38. The summed E-state index contributed by atoms with van der Waals surface area (Å²) < 4.78 is 5.38. The highest BCUT2D eigenvalue weighted by Gasteiger charge is 2.32. The van der Waals surface area contributed by atoms with Crippen molar-refractivity contribution < 1.29 is 4.74 Å². The van der Waals surface area contributed by atoms with E-state index < -0.39 is 5.66 Å². The molecule has 2 aliphatic heterocycles. The summed E-state index contributed by atoms with van der Waals surface area (Å²) in [6, 6.07) is 8.13. The van der Waals surface area contributed by atoms with Crippen LogP contribution in [0.2, 0.25) is 0 Å². The Bertz CT molecular complexity index is 594. The molecule has 0 aromatic heterocycles.